The van der Waals surface area contributed by atoms with Gasteiger partial charge in [0.05, 0.1) is 0 Å². The van der Waals surface area contributed by atoms with Gasteiger partial charge in [0.15, 0.2) is 5.78 Å². The van der Waals surface area contributed by atoms with Gasteiger partial charge in [0.1, 0.15) is 0 Å². The van der Waals surface area contributed by atoms with E-state index in [4.69, 9.17) is 0 Å². The van der Waals surface area contributed by atoms with Gasteiger partial charge >= 0.3 is 0 Å². The first-order valence-electron chi connectivity index (χ1n) is 5.73. The van der Waals surface area contributed by atoms with Gasteiger partial charge in [-0.05, 0) is 22.2 Å². The van der Waals surface area contributed by atoms with E-state index in [2.05, 4.69) is 54.2 Å². The number of carbonyl (C=O) groups is 1. The molecule has 0 unspecified atom stereocenters. The molecule has 0 saturated heterocycles. The minimum atomic E-state index is -0.126. The van der Waals surface area contributed by atoms with Crippen LogP contribution in [0, 0.1) is 10.8 Å². The van der Waals surface area contributed by atoms with Gasteiger partial charge in [-0.25, -0.2) is 0 Å². The number of thiol groups is 1. The maximum absolute atomic E-state index is 12.5. The van der Waals surface area contributed by atoms with Crippen LogP contribution >= 0.6 is 12.6 Å². The summed E-state index contributed by atoms with van der Waals surface area (Å²) >= 11 is 4.46. The van der Waals surface area contributed by atoms with Crippen LogP contribution in [0.2, 0.25) is 0 Å². The highest BCUT2D eigenvalue weighted by Crippen LogP contribution is 2.41. The Morgan fingerprint density at radius 2 is 1.56 bits per heavy atom. The lowest BCUT2D eigenvalue weighted by Gasteiger charge is -2.32. The number of allylic oxidation sites excluding steroid dienone is 4. The molecule has 0 N–H and O–H groups in total. The molecular weight excluding hydrogens is 216 g/mol. The highest BCUT2D eigenvalue weighted by atomic mass is 32.1. The van der Waals surface area contributed by atoms with Crippen molar-refractivity contribution in [2.45, 2.75) is 48.0 Å². The zero-order valence-electron chi connectivity index (χ0n) is 11.1. The van der Waals surface area contributed by atoms with Gasteiger partial charge in [-0.15, -0.1) is 12.6 Å². The summed E-state index contributed by atoms with van der Waals surface area (Å²) in [4.78, 5) is 13.4. The molecule has 2 heteroatoms. The highest BCUT2D eigenvalue weighted by Gasteiger charge is 2.34. The maximum atomic E-state index is 12.5. The third kappa shape index (κ3) is 2.60. The molecule has 16 heavy (non-hydrogen) atoms. The van der Waals surface area contributed by atoms with Crippen LogP contribution in [-0.4, -0.2) is 5.78 Å². The molecular formula is C14H22OS. The van der Waals surface area contributed by atoms with E-state index in [1.165, 1.54) is 0 Å². The van der Waals surface area contributed by atoms with E-state index in [0.29, 0.717) is 0 Å². The van der Waals surface area contributed by atoms with Gasteiger partial charge in [-0.1, -0.05) is 47.6 Å². The number of hydrogen-bond donors (Lipinski definition) is 1. The molecule has 0 atom stereocenters. The molecule has 1 nitrogen and oxygen atoms in total. The lowest BCUT2D eigenvalue weighted by atomic mass is 9.72. The fraction of sp³-hybridized carbons (Fsp3) is 0.643. The van der Waals surface area contributed by atoms with Crippen LogP contribution in [0.4, 0.5) is 0 Å². The average molecular weight is 238 g/mol. The predicted molar refractivity (Wildman–Crippen MR) is 72.6 cm³/mol. The number of Topliss-reactive ketones (excluding diaryl/α,β-unsaturated/α-hetero) is 1. The van der Waals surface area contributed by atoms with Crippen LogP contribution in [0.3, 0.4) is 0 Å². The van der Waals surface area contributed by atoms with E-state index in [-0.39, 0.29) is 16.6 Å². The Balaban J connectivity index is 3.20. The first kappa shape index (κ1) is 13.6. The number of rotatable bonds is 0. The summed E-state index contributed by atoms with van der Waals surface area (Å²) in [6.45, 7) is 12.5. The third-order valence-electron chi connectivity index (χ3n) is 2.82. The standard InChI is InChI=1S/C14H22OS/c1-13(2,3)9-7-8-10(16)11(12(9)15)14(4,5)6/h7,16H,8H2,1-6H3. The molecule has 0 heterocycles. The Kier molecular flexibility index (Phi) is 3.45. The molecule has 0 spiro atoms. The summed E-state index contributed by atoms with van der Waals surface area (Å²) in [5.41, 5.74) is 1.60. The molecule has 0 fully saturated rings. The molecule has 0 radical (unpaired) electrons. The fourth-order valence-electron chi connectivity index (χ4n) is 2.08. The van der Waals surface area contributed by atoms with Gasteiger partial charge in [-0.3, -0.25) is 4.79 Å². The molecule has 1 rings (SSSR count). The van der Waals surface area contributed by atoms with Crippen molar-refractivity contribution in [3.8, 4) is 0 Å². The first-order valence-corrected chi connectivity index (χ1v) is 6.18. The normalized spacial score (nSPS) is 18.9. The van der Waals surface area contributed by atoms with Gasteiger partial charge in [-0.2, -0.15) is 0 Å². The maximum Gasteiger partial charge on any atom is 0.186 e. The molecule has 0 aromatic carbocycles. The summed E-state index contributed by atoms with van der Waals surface area (Å²) in [5, 5.41) is 0. The lowest BCUT2D eigenvalue weighted by molar-refractivity contribution is -0.114. The molecule has 0 saturated carbocycles. The second-order valence-corrected chi connectivity index (χ2v) is 7.01. The van der Waals surface area contributed by atoms with E-state index in [1.807, 2.05) is 6.08 Å². The van der Waals surface area contributed by atoms with Crippen molar-refractivity contribution >= 4 is 18.4 Å². The van der Waals surface area contributed by atoms with Crippen molar-refractivity contribution in [3.05, 3.63) is 22.1 Å². The molecule has 0 aliphatic heterocycles. The van der Waals surface area contributed by atoms with Crippen LogP contribution < -0.4 is 0 Å². The quantitative estimate of drug-likeness (QED) is 0.627. The summed E-state index contributed by atoms with van der Waals surface area (Å²) in [5.74, 6) is 0.177. The Bertz CT molecular complexity index is 373. The molecule has 0 aromatic heterocycles. The van der Waals surface area contributed by atoms with Gasteiger partial charge in [0.2, 0.25) is 0 Å². The van der Waals surface area contributed by atoms with Crippen LogP contribution in [0.5, 0.6) is 0 Å². The number of hydrogen-bond acceptors (Lipinski definition) is 2. The Morgan fingerprint density at radius 1 is 1.06 bits per heavy atom. The van der Waals surface area contributed by atoms with Crippen LogP contribution in [0.1, 0.15) is 48.0 Å². The molecule has 0 amide bonds. The van der Waals surface area contributed by atoms with E-state index >= 15 is 0 Å². The van der Waals surface area contributed by atoms with E-state index < -0.39 is 0 Å². The lowest BCUT2D eigenvalue weighted by Crippen LogP contribution is -2.28. The summed E-state index contributed by atoms with van der Waals surface area (Å²) in [6.07, 6.45) is 2.81. The van der Waals surface area contributed by atoms with Crippen LogP contribution in [-0.2, 0) is 4.79 Å². The smallest absolute Gasteiger partial charge is 0.186 e. The van der Waals surface area contributed by atoms with Crippen molar-refractivity contribution in [2.75, 3.05) is 0 Å². The first-order chi connectivity index (χ1) is 7.05. The van der Waals surface area contributed by atoms with Gasteiger partial charge in [0, 0.05) is 11.1 Å². The zero-order valence-corrected chi connectivity index (χ0v) is 12.0. The van der Waals surface area contributed by atoms with Crippen molar-refractivity contribution < 1.29 is 4.79 Å². The summed E-state index contributed by atoms with van der Waals surface area (Å²) in [7, 11) is 0. The van der Waals surface area contributed by atoms with Crippen molar-refractivity contribution in [1.29, 1.82) is 0 Å². The van der Waals surface area contributed by atoms with E-state index in [1.54, 1.807) is 0 Å². The number of ketones is 1. The van der Waals surface area contributed by atoms with Crippen molar-refractivity contribution in [1.82, 2.24) is 0 Å². The topological polar surface area (TPSA) is 17.1 Å². The SMILES string of the molecule is CC(C)(C)C1=CCC(S)=C(C(C)(C)C)C1=O. The molecule has 0 aromatic rings. The second kappa shape index (κ2) is 4.06. The van der Waals surface area contributed by atoms with Gasteiger partial charge < -0.3 is 0 Å². The zero-order chi connectivity index (χ0) is 12.7. The second-order valence-electron chi connectivity index (χ2n) is 6.47. The van der Waals surface area contributed by atoms with E-state index in [0.717, 1.165) is 22.5 Å². The largest absolute Gasteiger partial charge is 0.289 e. The fourth-order valence-corrected chi connectivity index (χ4v) is 2.61. The molecule has 1 aliphatic carbocycles. The number of carbonyl (C=O) groups excluding carboxylic acids is 1. The molecule has 1 aliphatic rings. The Hall–Kier alpha value is -0.500. The minimum absolute atomic E-state index is 0.0813. The third-order valence-corrected chi connectivity index (χ3v) is 3.22. The van der Waals surface area contributed by atoms with E-state index in [9.17, 15) is 4.79 Å². The van der Waals surface area contributed by atoms with Crippen molar-refractivity contribution in [2.24, 2.45) is 10.8 Å². The molecule has 90 valence electrons. The van der Waals surface area contributed by atoms with Crippen LogP contribution in [0.25, 0.3) is 0 Å². The highest BCUT2D eigenvalue weighted by molar-refractivity contribution is 7.84. The minimum Gasteiger partial charge on any atom is -0.289 e. The average Bonchev–Trinajstić information content (AvgIpc) is 1.97. The Labute approximate surface area is 104 Å². The Morgan fingerprint density at radius 3 is 1.94 bits per heavy atom. The predicted octanol–water partition coefficient (Wildman–Crippen LogP) is 4.16. The summed E-state index contributed by atoms with van der Waals surface area (Å²) < 4.78 is 0. The monoisotopic (exact) mass is 238 g/mol. The van der Waals surface area contributed by atoms with Gasteiger partial charge in [0.25, 0.3) is 0 Å². The van der Waals surface area contributed by atoms with Crippen molar-refractivity contribution in [3.63, 3.8) is 0 Å². The molecule has 0 bridgehead atoms. The summed E-state index contributed by atoms with van der Waals surface area (Å²) in [6, 6.07) is 0. The van der Waals surface area contributed by atoms with Crippen LogP contribution in [0.15, 0.2) is 22.1 Å².